The van der Waals surface area contributed by atoms with Gasteiger partial charge in [0.15, 0.2) is 5.82 Å². The Bertz CT molecular complexity index is 402. The maximum Gasteiger partial charge on any atom is 0.158 e. The van der Waals surface area contributed by atoms with E-state index in [1.807, 2.05) is 0 Å². The maximum atomic E-state index is 5.97. The molecule has 1 aromatic heterocycles. The van der Waals surface area contributed by atoms with Gasteiger partial charge in [0.2, 0.25) is 0 Å². The molecule has 0 unspecified atom stereocenters. The summed E-state index contributed by atoms with van der Waals surface area (Å²) in [5, 5.41) is 3.84. The van der Waals surface area contributed by atoms with Crippen LogP contribution in [0.1, 0.15) is 38.4 Å². The van der Waals surface area contributed by atoms with Crippen LogP contribution in [0.5, 0.6) is 0 Å². The molecule has 0 spiro atoms. The van der Waals surface area contributed by atoms with Crippen molar-refractivity contribution in [2.45, 2.75) is 39.2 Å². The number of hydrogen-bond donors (Lipinski definition) is 1. The third-order valence-corrected chi connectivity index (χ3v) is 4.02. The number of nitrogens with one attached hydrogen (secondary N) is 1. The normalized spacial score (nSPS) is 17.3. The second-order valence-electron chi connectivity index (χ2n) is 4.99. The fourth-order valence-electron chi connectivity index (χ4n) is 2.36. The highest BCUT2D eigenvalue weighted by Gasteiger charge is 2.34. The SMILES string of the molecule is CCC1(CNc2cc(Cl)nc(COC)n2)CCC1. The molecule has 1 saturated carbocycles. The van der Waals surface area contributed by atoms with E-state index >= 15 is 0 Å². The molecule has 2 rings (SSSR count). The van der Waals surface area contributed by atoms with E-state index in [4.69, 9.17) is 16.3 Å². The molecule has 0 bridgehead atoms. The van der Waals surface area contributed by atoms with Crippen molar-refractivity contribution in [3.05, 3.63) is 17.0 Å². The first kappa shape index (κ1) is 13.6. The molecular weight excluding hydrogens is 250 g/mol. The van der Waals surface area contributed by atoms with Gasteiger partial charge < -0.3 is 10.1 Å². The molecule has 0 aromatic carbocycles. The number of hydrogen-bond acceptors (Lipinski definition) is 4. The largest absolute Gasteiger partial charge is 0.377 e. The van der Waals surface area contributed by atoms with Gasteiger partial charge in [-0.05, 0) is 24.7 Å². The summed E-state index contributed by atoms with van der Waals surface area (Å²) in [7, 11) is 1.62. The van der Waals surface area contributed by atoms with E-state index in [1.165, 1.54) is 25.7 Å². The fourth-order valence-corrected chi connectivity index (χ4v) is 2.56. The number of ether oxygens (including phenoxy) is 1. The van der Waals surface area contributed by atoms with E-state index in [2.05, 4.69) is 22.2 Å². The average molecular weight is 270 g/mol. The van der Waals surface area contributed by atoms with Gasteiger partial charge in [0.1, 0.15) is 17.6 Å². The summed E-state index contributed by atoms with van der Waals surface area (Å²) in [6.45, 7) is 3.60. The summed E-state index contributed by atoms with van der Waals surface area (Å²) < 4.78 is 5.03. The van der Waals surface area contributed by atoms with Crippen LogP contribution in [0.4, 0.5) is 5.82 Å². The van der Waals surface area contributed by atoms with Gasteiger partial charge in [-0.3, -0.25) is 0 Å². The van der Waals surface area contributed by atoms with E-state index in [-0.39, 0.29) is 0 Å². The summed E-state index contributed by atoms with van der Waals surface area (Å²) in [6, 6.07) is 1.77. The number of methoxy groups -OCH3 is 1. The predicted octanol–water partition coefficient (Wildman–Crippen LogP) is 3.27. The summed E-state index contributed by atoms with van der Waals surface area (Å²) in [4.78, 5) is 8.50. The predicted molar refractivity (Wildman–Crippen MR) is 72.8 cm³/mol. The second kappa shape index (κ2) is 5.85. The molecule has 0 saturated heterocycles. The van der Waals surface area contributed by atoms with Crippen molar-refractivity contribution in [2.24, 2.45) is 5.41 Å². The molecule has 1 fully saturated rings. The topological polar surface area (TPSA) is 47.0 Å². The number of nitrogens with zero attached hydrogens (tertiary/aromatic N) is 2. The van der Waals surface area contributed by atoms with Gasteiger partial charge in [0, 0.05) is 19.7 Å². The maximum absolute atomic E-state index is 5.97. The molecule has 18 heavy (non-hydrogen) atoms. The molecule has 100 valence electrons. The third kappa shape index (κ3) is 3.12. The molecular formula is C13H20ClN3O. The lowest BCUT2D eigenvalue weighted by Crippen LogP contribution is -2.36. The van der Waals surface area contributed by atoms with E-state index in [9.17, 15) is 0 Å². The Morgan fingerprint density at radius 1 is 1.44 bits per heavy atom. The van der Waals surface area contributed by atoms with Crippen LogP contribution < -0.4 is 5.32 Å². The van der Waals surface area contributed by atoms with Crippen molar-refractivity contribution < 1.29 is 4.74 Å². The van der Waals surface area contributed by atoms with Crippen LogP contribution in [0.3, 0.4) is 0 Å². The zero-order chi connectivity index (χ0) is 13.0. The van der Waals surface area contributed by atoms with Crippen LogP contribution in [0, 0.1) is 5.41 Å². The lowest BCUT2D eigenvalue weighted by Gasteiger charge is -2.41. The monoisotopic (exact) mass is 269 g/mol. The number of anilines is 1. The van der Waals surface area contributed by atoms with Gasteiger partial charge in [-0.15, -0.1) is 0 Å². The third-order valence-electron chi connectivity index (χ3n) is 3.82. The standard InChI is InChI=1S/C13H20ClN3O/c1-3-13(5-4-6-13)9-15-11-7-10(14)16-12(17-11)8-18-2/h7H,3-6,8-9H2,1-2H3,(H,15,16,17). The first-order valence-electron chi connectivity index (χ1n) is 6.44. The summed E-state index contributed by atoms with van der Waals surface area (Å²) in [5.74, 6) is 1.41. The smallest absolute Gasteiger partial charge is 0.158 e. The quantitative estimate of drug-likeness (QED) is 0.805. The van der Waals surface area contributed by atoms with E-state index in [1.54, 1.807) is 13.2 Å². The number of rotatable bonds is 6. The summed E-state index contributed by atoms with van der Waals surface area (Å²) >= 11 is 5.97. The lowest BCUT2D eigenvalue weighted by atomic mass is 9.67. The number of aromatic nitrogens is 2. The Labute approximate surface area is 113 Å². The first-order chi connectivity index (χ1) is 8.67. The Kier molecular flexibility index (Phi) is 4.40. The summed E-state index contributed by atoms with van der Waals surface area (Å²) in [5.41, 5.74) is 0.457. The van der Waals surface area contributed by atoms with Gasteiger partial charge in [-0.1, -0.05) is 24.9 Å². The van der Waals surface area contributed by atoms with Crippen LogP contribution in [-0.4, -0.2) is 23.6 Å². The van der Waals surface area contributed by atoms with Crippen LogP contribution in [0.2, 0.25) is 5.15 Å². The summed E-state index contributed by atoms with van der Waals surface area (Å²) in [6.07, 6.45) is 5.17. The fraction of sp³-hybridized carbons (Fsp3) is 0.692. The Hall–Kier alpha value is -0.870. The highest BCUT2D eigenvalue weighted by Crippen LogP contribution is 2.43. The van der Waals surface area contributed by atoms with Crippen molar-refractivity contribution in [3.63, 3.8) is 0 Å². The molecule has 1 aromatic rings. The molecule has 0 aliphatic heterocycles. The average Bonchev–Trinajstić information content (AvgIpc) is 2.28. The van der Waals surface area contributed by atoms with Crippen molar-refractivity contribution in [2.75, 3.05) is 19.0 Å². The minimum absolute atomic E-state index is 0.383. The van der Waals surface area contributed by atoms with Gasteiger partial charge in [-0.25, -0.2) is 9.97 Å². The Morgan fingerprint density at radius 3 is 2.78 bits per heavy atom. The first-order valence-corrected chi connectivity index (χ1v) is 6.81. The van der Waals surface area contributed by atoms with Crippen LogP contribution in [0.25, 0.3) is 0 Å². The molecule has 1 aliphatic carbocycles. The Morgan fingerprint density at radius 2 is 2.22 bits per heavy atom. The van der Waals surface area contributed by atoms with Gasteiger partial charge >= 0.3 is 0 Å². The molecule has 5 heteroatoms. The van der Waals surface area contributed by atoms with Crippen molar-refractivity contribution in [3.8, 4) is 0 Å². The van der Waals surface area contributed by atoms with Crippen LogP contribution in [0.15, 0.2) is 6.07 Å². The molecule has 0 radical (unpaired) electrons. The molecule has 1 N–H and O–H groups in total. The van der Waals surface area contributed by atoms with Gasteiger partial charge in [-0.2, -0.15) is 0 Å². The minimum atomic E-state index is 0.383. The number of halogens is 1. The minimum Gasteiger partial charge on any atom is -0.377 e. The molecule has 0 amide bonds. The zero-order valence-electron chi connectivity index (χ0n) is 11.0. The molecule has 4 nitrogen and oxygen atoms in total. The lowest BCUT2D eigenvalue weighted by molar-refractivity contribution is 0.145. The Balaban J connectivity index is 2.00. The van der Waals surface area contributed by atoms with Crippen molar-refractivity contribution >= 4 is 17.4 Å². The van der Waals surface area contributed by atoms with Gasteiger partial charge in [0.05, 0.1) is 0 Å². The highest BCUT2D eigenvalue weighted by molar-refractivity contribution is 6.29. The molecule has 0 atom stereocenters. The van der Waals surface area contributed by atoms with Gasteiger partial charge in [0.25, 0.3) is 0 Å². The zero-order valence-corrected chi connectivity index (χ0v) is 11.8. The van der Waals surface area contributed by atoms with E-state index in [0.29, 0.717) is 23.0 Å². The van der Waals surface area contributed by atoms with E-state index in [0.717, 1.165) is 12.4 Å². The second-order valence-corrected chi connectivity index (χ2v) is 5.37. The van der Waals surface area contributed by atoms with Crippen molar-refractivity contribution in [1.29, 1.82) is 0 Å². The van der Waals surface area contributed by atoms with Crippen LogP contribution >= 0.6 is 11.6 Å². The van der Waals surface area contributed by atoms with Crippen LogP contribution in [-0.2, 0) is 11.3 Å². The molecule has 1 aliphatic rings. The van der Waals surface area contributed by atoms with E-state index < -0.39 is 0 Å². The van der Waals surface area contributed by atoms with Crippen molar-refractivity contribution in [1.82, 2.24) is 9.97 Å². The molecule has 1 heterocycles. The highest BCUT2D eigenvalue weighted by atomic mass is 35.5.